The molecule has 4 heteroatoms. The van der Waals surface area contributed by atoms with Crippen LogP contribution in [-0.4, -0.2) is 5.92 Å². The van der Waals surface area contributed by atoms with Crippen molar-refractivity contribution < 1.29 is 31.8 Å². The van der Waals surface area contributed by atoms with Gasteiger partial charge in [-0.1, -0.05) is 0 Å². The zero-order valence-corrected chi connectivity index (χ0v) is 15.8. The van der Waals surface area contributed by atoms with Crippen molar-refractivity contribution in [3.05, 3.63) is 71.3 Å². The molecule has 2 aromatic rings. The van der Waals surface area contributed by atoms with Crippen molar-refractivity contribution in [1.29, 1.82) is 0 Å². The Morgan fingerprint density at radius 2 is 1.48 bits per heavy atom. The van der Waals surface area contributed by atoms with Crippen LogP contribution in [0.1, 0.15) is 20.3 Å². The predicted octanol–water partition coefficient (Wildman–Crippen LogP) is -1.64. The Hall–Kier alpha value is -0.860. The molecule has 1 aliphatic carbocycles. The number of hydrogen-bond donors (Lipinski definition) is 0. The van der Waals surface area contributed by atoms with Gasteiger partial charge in [0.2, 0.25) is 0 Å². The summed E-state index contributed by atoms with van der Waals surface area (Å²) in [6.07, 6.45) is 2.44. The van der Waals surface area contributed by atoms with Gasteiger partial charge in [-0.15, -0.1) is 0 Å². The summed E-state index contributed by atoms with van der Waals surface area (Å²) in [6.45, 7) is 5.05. The summed E-state index contributed by atoms with van der Waals surface area (Å²) in [6, 6.07) is 20.0. The Morgan fingerprint density at radius 1 is 0.857 bits per heavy atom. The predicted molar refractivity (Wildman–Crippen MR) is 82.4 cm³/mol. The van der Waals surface area contributed by atoms with Gasteiger partial charge < -0.3 is 9.41 Å². The van der Waals surface area contributed by atoms with E-state index < -0.39 is 5.92 Å². The molecular weight excluding hydrogens is 361 g/mol. The first-order chi connectivity index (χ1) is 9.25. The molecule has 0 heterocycles. The second-order valence-electron chi connectivity index (χ2n) is 5.35. The van der Waals surface area contributed by atoms with E-state index >= 15 is 0 Å². The number of benzene rings is 2. The molecule has 0 bridgehead atoms. The van der Waals surface area contributed by atoms with Crippen LogP contribution in [0.2, 0.25) is 13.1 Å². The number of rotatable bonds is 3. The number of allylic oxidation sites excluding steroid dienone is 1. The van der Waals surface area contributed by atoms with E-state index in [2.05, 4.69) is 73.8 Å². The summed E-state index contributed by atoms with van der Waals surface area (Å²) in [4.78, 5) is 0. The van der Waals surface area contributed by atoms with Gasteiger partial charge in [0.1, 0.15) is 0 Å². The standard InChI is InChI=1S/C15H11.C2H7Si.2FH.Zr/c1-2-6-12(7-3-1)15-10-13-8-4-5-9-14(13)11-15;1-3-2;;;/h1-11H;3H,1-2H3;2*1H;/q;;;;+2/p-2. The van der Waals surface area contributed by atoms with Gasteiger partial charge in [-0.05, 0) is 0 Å². The maximum absolute atomic E-state index is 2.52. The summed E-state index contributed by atoms with van der Waals surface area (Å²) >= 11 is -0.313. The molecule has 0 nitrogen and oxygen atoms in total. The number of hydrogen-bond acceptors (Lipinski definition) is 0. The summed E-state index contributed by atoms with van der Waals surface area (Å²) in [5.74, 6) is -0.415. The molecule has 1 unspecified atom stereocenters. The second kappa shape index (κ2) is 7.95. The molecule has 108 valence electrons. The normalized spacial score (nSPS) is 15.4. The van der Waals surface area contributed by atoms with Crippen LogP contribution < -0.4 is 9.41 Å². The van der Waals surface area contributed by atoms with Crippen molar-refractivity contribution in [3.8, 4) is 0 Å². The van der Waals surface area contributed by atoms with Gasteiger partial charge in [-0.25, -0.2) is 0 Å². The Labute approximate surface area is 137 Å². The third-order valence-electron chi connectivity index (χ3n) is 3.54. The van der Waals surface area contributed by atoms with Crippen LogP contribution >= 0.6 is 0 Å². The molecule has 0 aromatic heterocycles. The van der Waals surface area contributed by atoms with Crippen molar-refractivity contribution >= 4 is 17.6 Å². The van der Waals surface area contributed by atoms with Crippen LogP contribution in [0.3, 0.4) is 0 Å². The third-order valence-corrected chi connectivity index (χ3v) is 13.4. The zero-order valence-electron chi connectivity index (χ0n) is 12.2. The van der Waals surface area contributed by atoms with Crippen LogP contribution in [0.4, 0.5) is 0 Å². The van der Waals surface area contributed by atoms with Gasteiger partial charge in [0.25, 0.3) is 0 Å². The molecule has 0 N–H and O–H groups in total. The van der Waals surface area contributed by atoms with Crippen LogP contribution in [0, 0.1) is 0 Å². The molecule has 0 spiro atoms. The minimum atomic E-state index is -0.415. The Bertz CT molecular complexity index is 611. The first-order valence-electron chi connectivity index (χ1n) is 6.87. The monoisotopic (exact) mass is 378 g/mol. The van der Waals surface area contributed by atoms with Crippen molar-refractivity contribution in [2.45, 2.75) is 16.7 Å². The first-order valence-corrected chi connectivity index (χ1v) is 15.4. The Kier molecular flexibility index (Phi) is 6.89. The van der Waals surface area contributed by atoms with E-state index in [1.165, 1.54) is 11.1 Å². The molecule has 0 aliphatic heterocycles. The van der Waals surface area contributed by atoms with Crippen molar-refractivity contribution in [2.75, 3.05) is 0 Å². The largest absolute Gasteiger partial charge is 1.00 e. The Balaban J connectivity index is 0.00000110. The average molecular weight is 380 g/mol. The number of halogens is 2. The summed E-state index contributed by atoms with van der Waals surface area (Å²) in [7, 11) is 0. The molecule has 0 saturated carbocycles. The van der Waals surface area contributed by atoms with Crippen LogP contribution in [0.25, 0.3) is 11.6 Å². The summed E-state index contributed by atoms with van der Waals surface area (Å²) < 4.78 is 0.786. The van der Waals surface area contributed by atoms with Crippen molar-refractivity contribution in [1.82, 2.24) is 0 Å². The summed E-state index contributed by atoms with van der Waals surface area (Å²) in [5.41, 5.74) is 6.09. The fraction of sp³-hybridized carbons (Fsp3) is 0.176. The van der Waals surface area contributed by atoms with E-state index in [-0.39, 0.29) is 31.8 Å². The molecule has 2 aromatic carbocycles. The minimum Gasteiger partial charge on any atom is -1.00 e. The van der Waals surface area contributed by atoms with Gasteiger partial charge in [0.05, 0.1) is 0 Å². The first kappa shape index (κ1) is 18.2. The van der Waals surface area contributed by atoms with E-state index in [4.69, 9.17) is 0 Å². The molecule has 0 saturated heterocycles. The molecule has 3 rings (SSSR count). The molecule has 1 aliphatic rings. The van der Waals surface area contributed by atoms with E-state index in [0.29, 0.717) is 0 Å². The molecular formula is C17H18F2SiZr. The van der Waals surface area contributed by atoms with Gasteiger partial charge >= 0.3 is 128 Å². The van der Waals surface area contributed by atoms with E-state index in [9.17, 15) is 0 Å². The molecule has 0 amide bonds. The van der Waals surface area contributed by atoms with Crippen LogP contribution in [0.15, 0.2) is 54.6 Å². The quantitative estimate of drug-likeness (QED) is 0.561. The fourth-order valence-electron chi connectivity index (χ4n) is 2.72. The summed E-state index contributed by atoms with van der Waals surface area (Å²) in [5, 5.41) is 0. The zero-order chi connectivity index (χ0) is 13.2. The van der Waals surface area contributed by atoms with E-state index in [0.717, 1.165) is 3.63 Å². The maximum atomic E-state index is 2.52. The van der Waals surface area contributed by atoms with Crippen LogP contribution in [-0.2, 0) is 22.4 Å². The van der Waals surface area contributed by atoms with E-state index in [1.54, 1.807) is 11.1 Å². The van der Waals surface area contributed by atoms with Gasteiger partial charge in [-0.3, -0.25) is 0 Å². The van der Waals surface area contributed by atoms with Crippen LogP contribution in [0.5, 0.6) is 0 Å². The second-order valence-corrected chi connectivity index (χ2v) is 20.4. The van der Waals surface area contributed by atoms with E-state index in [1.807, 2.05) is 0 Å². The average Bonchev–Trinajstić information content (AvgIpc) is 2.78. The number of fused-ring (bicyclic) bond motifs is 1. The maximum Gasteiger partial charge on any atom is -1.00 e. The smallest absolute Gasteiger partial charge is 1.00 e. The molecule has 21 heavy (non-hydrogen) atoms. The van der Waals surface area contributed by atoms with Gasteiger partial charge in [0, 0.05) is 0 Å². The minimum absolute atomic E-state index is 0. The van der Waals surface area contributed by atoms with Gasteiger partial charge in [-0.2, -0.15) is 0 Å². The molecule has 0 radical (unpaired) electrons. The molecule has 1 atom stereocenters. The molecule has 0 fully saturated rings. The SMILES string of the molecule is C[SiH](C)[Zr+2][CH]1C(c2ccccc2)=Cc2ccccc21.[F-].[F-]. The van der Waals surface area contributed by atoms with Crippen molar-refractivity contribution in [2.24, 2.45) is 0 Å². The van der Waals surface area contributed by atoms with Gasteiger partial charge in [0.15, 0.2) is 0 Å². The topological polar surface area (TPSA) is 0 Å². The fourth-order valence-corrected chi connectivity index (χ4v) is 12.6. The van der Waals surface area contributed by atoms with Crippen molar-refractivity contribution in [3.63, 3.8) is 0 Å². The third kappa shape index (κ3) is 3.87. The Morgan fingerprint density at radius 3 is 2.14 bits per heavy atom.